The van der Waals surface area contributed by atoms with Crippen LogP contribution in [0.2, 0.25) is 0 Å². The highest BCUT2D eigenvalue weighted by atomic mass is 79.9. The van der Waals surface area contributed by atoms with Gasteiger partial charge in [0, 0.05) is 23.5 Å². The van der Waals surface area contributed by atoms with E-state index in [1.807, 2.05) is 24.3 Å². The minimum atomic E-state index is -0.121. The standard InChI is InChI=1S/C20H19BrN2O2/c1-12-4-2-3-5-14(12)16-11-17(16)20(25)23-9-8-22-19(24)15-7-6-13(21)10-18(15)23/h2-7,10,16-17H,8-9,11H2,1H3,(H,22,24)/t16-,17+/m0/s1. The number of amides is 2. The number of fused-ring (bicyclic) bond motifs is 1. The number of nitrogens with one attached hydrogen (secondary N) is 1. The van der Waals surface area contributed by atoms with Crippen molar-refractivity contribution in [3.8, 4) is 0 Å². The third-order valence-electron chi connectivity index (χ3n) is 5.08. The summed E-state index contributed by atoms with van der Waals surface area (Å²) in [4.78, 5) is 27.2. The molecule has 1 fully saturated rings. The Hall–Kier alpha value is -2.14. The summed E-state index contributed by atoms with van der Waals surface area (Å²) in [6.07, 6.45) is 0.880. The van der Waals surface area contributed by atoms with Gasteiger partial charge in [0.25, 0.3) is 5.91 Å². The smallest absolute Gasteiger partial charge is 0.253 e. The molecule has 2 aromatic carbocycles. The highest BCUT2D eigenvalue weighted by molar-refractivity contribution is 9.10. The molecule has 5 heteroatoms. The van der Waals surface area contributed by atoms with Crippen molar-refractivity contribution in [3.63, 3.8) is 0 Å². The fourth-order valence-corrected chi connectivity index (χ4v) is 4.01. The number of hydrogen-bond acceptors (Lipinski definition) is 2. The molecule has 0 bridgehead atoms. The quantitative estimate of drug-likeness (QED) is 0.839. The maximum absolute atomic E-state index is 13.2. The van der Waals surface area contributed by atoms with E-state index in [-0.39, 0.29) is 23.7 Å². The van der Waals surface area contributed by atoms with Crippen LogP contribution in [0.1, 0.15) is 33.8 Å². The second-order valence-corrected chi connectivity index (χ2v) is 7.63. The average Bonchev–Trinajstić information content (AvgIpc) is 3.39. The Morgan fingerprint density at radius 1 is 1.24 bits per heavy atom. The highest BCUT2D eigenvalue weighted by Gasteiger charge is 2.47. The van der Waals surface area contributed by atoms with E-state index in [1.54, 1.807) is 11.0 Å². The van der Waals surface area contributed by atoms with Gasteiger partial charge in [0.2, 0.25) is 5.91 Å². The number of hydrogen-bond donors (Lipinski definition) is 1. The van der Waals surface area contributed by atoms with Crippen molar-refractivity contribution >= 4 is 33.4 Å². The van der Waals surface area contributed by atoms with Gasteiger partial charge in [-0.05, 0) is 48.6 Å². The molecule has 0 spiro atoms. The highest BCUT2D eigenvalue weighted by Crippen LogP contribution is 2.50. The lowest BCUT2D eigenvalue weighted by molar-refractivity contribution is -0.119. The number of carbonyl (C=O) groups excluding carboxylic acids is 2. The molecule has 0 aromatic heterocycles. The Balaban J connectivity index is 1.63. The monoisotopic (exact) mass is 398 g/mol. The van der Waals surface area contributed by atoms with E-state index in [9.17, 15) is 9.59 Å². The fraction of sp³-hybridized carbons (Fsp3) is 0.300. The van der Waals surface area contributed by atoms with Crippen molar-refractivity contribution < 1.29 is 9.59 Å². The molecule has 0 saturated heterocycles. The zero-order chi connectivity index (χ0) is 17.6. The van der Waals surface area contributed by atoms with E-state index in [0.717, 1.165) is 10.9 Å². The summed E-state index contributed by atoms with van der Waals surface area (Å²) in [5.41, 5.74) is 3.75. The lowest BCUT2D eigenvalue weighted by Crippen LogP contribution is -2.36. The van der Waals surface area contributed by atoms with E-state index in [1.165, 1.54) is 11.1 Å². The first-order valence-electron chi connectivity index (χ1n) is 8.51. The van der Waals surface area contributed by atoms with Gasteiger partial charge in [-0.3, -0.25) is 9.59 Å². The van der Waals surface area contributed by atoms with E-state index in [0.29, 0.717) is 24.3 Å². The van der Waals surface area contributed by atoms with Crippen molar-refractivity contribution in [2.45, 2.75) is 19.3 Å². The first-order chi connectivity index (χ1) is 12.1. The molecule has 4 nitrogen and oxygen atoms in total. The maximum atomic E-state index is 13.2. The molecule has 2 atom stereocenters. The van der Waals surface area contributed by atoms with Crippen molar-refractivity contribution in [2.24, 2.45) is 5.92 Å². The van der Waals surface area contributed by atoms with Crippen LogP contribution in [0.15, 0.2) is 46.9 Å². The molecule has 0 radical (unpaired) electrons. The molecule has 1 aliphatic heterocycles. The summed E-state index contributed by atoms with van der Waals surface area (Å²) in [7, 11) is 0. The zero-order valence-corrected chi connectivity index (χ0v) is 15.5. The van der Waals surface area contributed by atoms with Crippen molar-refractivity contribution in [2.75, 3.05) is 18.0 Å². The van der Waals surface area contributed by atoms with Crippen LogP contribution in [-0.4, -0.2) is 24.9 Å². The van der Waals surface area contributed by atoms with E-state index >= 15 is 0 Å². The summed E-state index contributed by atoms with van der Waals surface area (Å²) in [6, 6.07) is 13.7. The Morgan fingerprint density at radius 2 is 2.04 bits per heavy atom. The molecule has 1 aliphatic carbocycles. The van der Waals surface area contributed by atoms with Gasteiger partial charge in [0.1, 0.15) is 0 Å². The number of nitrogens with zero attached hydrogens (tertiary/aromatic N) is 1. The van der Waals surface area contributed by atoms with E-state index < -0.39 is 0 Å². The predicted molar refractivity (Wildman–Crippen MR) is 101 cm³/mol. The predicted octanol–water partition coefficient (Wildman–Crippen LogP) is 3.64. The summed E-state index contributed by atoms with van der Waals surface area (Å²) in [5, 5.41) is 2.87. The summed E-state index contributed by atoms with van der Waals surface area (Å²) < 4.78 is 0.866. The van der Waals surface area contributed by atoms with Crippen LogP contribution in [0.4, 0.5) is 5.69 Å². The van der Waals surface area contributed by atoms with E-state index in [4.69, 9.17) is 0 Å². The Morgan fingerprint density at radius 3 is 2.84 bits per heavy atom. The number of benzene rings is 2. The SMILES string of the molecule is Cc1ccccc1[C@@H]1C[C@H]1C(=O)N1CCNC(=O)c2ccc(Br)cc21. The van der Waals surface area contributed by atoms with Crippen LogP contribution < -0.4 is 10.2 Å². The average molecular weight is 399 g/mol. The van der Waals surface area contributed by atoms with Crippen molar-refractivity contribution in [3.05, 3.63) is 63.6 Å². The summed E-state index contributed by atoms with van der Waals surface area (Å²) in [6.45, 7) is 3.07. The van der Waals surface area contributed by atoms with Gasteiger partial charge < -0.3 is 10.2 Å². The lowest BCUT2D eigenvalue weighted by Gasteiger charge is -2.22. The van der Waals surface area contributed by atoms with E-state index in [2.05, 4.69) is 40.3 Å². The molecule has 2 amide bonds. The van der Waals surface area contributed by atoms with Crippen molar-refractivity contribution in [1.82, 2.24) is 5.32 Å². The Bertz CT molecular complexity index is 865. The maximum Gasteiger partial charge on any atom is 0.253 e. The van der Waals surface area contributed by atoms with Crippen LogP contribution in [0.3, 0.4) is 0 Å². The molecule has 1 heterocycles. The molecule has 4 rings (SSSR count). The van der Waals surface area contributed by atoms with Crippen LogP contribution in [0.5, 0.6) is 0 Å². The molecular formula is C20H19BrN2O2. The first-order valence-corrected chi connectivity index (χ1v) is 9.30. The van der Waals surface area contributed by atoms with Crippen LogP contribution in [-0.2, 0) is 4.79 Å². The summed E-state index contributed by atoms with van der Waals surface area (Å²) >= 11 is 3.45. The van der Waals surface area contributed by atoms with Crippen LogP contribution >= 0.6 is 15.9 Å². The Kier molecular flexibility index (Phi) is 4.12. The number of halogens is 1. The minimum absolute atomic E-state index is 0.00105. The second-order valence-electron chi connectivity index (χ2n) is 6.71. The van der Waals surface area contributed by atoms with Gasteiger partial charge in [-0.25, -0.2) is 0 Å². The molecule has 25 heavy (non-hydrogen) atoms. The first kappa shape index (κ1) is 16.3. The second kappa shape index (κ2) is 6.30. The number of rotatable bonds is 2. The number of anilines is 1. The summed E-state index contributed by atoms with van der Waals surface area (Å²) in [5.74, 6) is 0.283. The van der Waals surface area contributed by atoms with Gasteiger partial charge in [0.15, 0.2) is 0 Å². The van der Waals surface area contributed by atoms with Crippen molar-refractivity contribution in [1.29, 1.82) is 0 Å². The zero-order valence-electron chi connectivity index (χ0n) is 14.0. The van der Waals surface area contributed by atoms with Gasteiger partial charge in [0.05, 0.1) is 11.3 Å². The molecule has 2 aromatic rings. The molecular weight excluding hydrogens is 380 g/mol. The molecule has 1 N–H and O–H groups in total. The lowest BCUT2D eigenvalue weighted by atomic mass is 10.0. The normalized spacial score (nSPS) is 22.0. The van der Waals surface area contributed by atoms with Gasteiger partial charge in [-0.15, -0.1) is 0 Å². The minimum Gasteiger partial charge on any atom is -0.350 e. The molecule has 2 aliphatic rings. The molecule has 0 unspecified atom stereocenters. The molecule has 128 valence electrons. The third-order valence-corrected chi connectivity index (χ3v) is 5.57. The fourth-order valence-electron chi connectivity index (χ4n) is 3.66. The van der Waals surface area contributed by atoms with Gasteiger partial charge in [-0.2, -0.15) is 0 Å². The molecule has 1 saturated carbocycles. The Labute approximate surface area is 155 Å². The third kappa shape index (κ3) is 2.97. The van der Waals surface area contributed by atoms with Gasteiger partial charge in [-0.1, -0.05) is 40.2 Å². The number of aryl methyl sites for hydroxylation is 1. The van der Waals surface area contributed by atoms with Crippen LogP contribution in [0, 0.1) is 12.8 Å². The topological polar surface area (TPSA) is 49.4 Å². The van der Waals surface area contributed by atoms with Crippen LogP contribution in [0.25, 0.3) is 0 Å². The number of carbonyl (C=O) groups is 2. The van der Waals surface area contributed by atoms with Gasteiger partial charge >= 0.3 is 0 Å². The largest absolute Gasteiger partial charge is 0.350 e.